The summed E-state index contributed by atoms with van der Waals surface area (Å²) < 4.78 is 4.81. The van der Waals surface area contributed by atoms with Crippen LogP contribution in [0.25, 0.3) is 61.0 Å². The molecule has 0 fully saturated rings. The van der Waals surface area contributed by atoms with E-state index in [0.29, 0.717) is 0 Å². The fraction of sp³-hybridized carbons (Fsp3) is 0.157. The predicted molar refractivity (Wildman–Crippen MR) is 239 cm³/mol. The second-order valence-corrected chi connectivity index (χ2v) is 14.6. The molecule has 9 rings (SSSR count). The molecule has 55 heavy (non-hydrogen) atoms. The second kappa shape index (κ2) is 16.5. The van der Waals surface area contributed by atoms with Crippen molar-refractivity contribution in [1.82, 2.24) is 14.0 Å². The molecule has 2 aromatic heterocycles. The molecule has 0 amide bonds. The molecule has 0 bridgehead atoms. The van der Waals surface area contributed by atoms with Gasteiger partial charge in [-0.1, -0.05) is 159 Å². The highest BCUT2D eigenvalue weighted by Gasteiger charge is 2.25. The maximum Gasteiger partial charge on any atom is 0.293 e. The Morgan fingerprint density at radius 3 is 1.75 bits per heavy atom. The summed E-state index contributed by atoms with van der Waals surface area (Å²) in [6, 6.07) is 58.4. The molecular formula is C51H50BN3. The first-order valence-electron chi connectivity index (χ1n) is 19.5. The van der Waals surface area contributed by atoms with E-state index in [4.69, 9.17) is 4.98 Å². The Bertz CT molecular complexity index is 2680. The Morgan fingerprint density at radius 1 is 0.509 bits per heavy atom. The lowest BCUT2D eigenvalue weighted by molar-refractivity contribution is 1.09. The van der Waals surface area contributed by atoms with Gasteiger partial charge in [-0.15, -0.1) is 0 Å². The maximum atomic E-state index is 5.27. The summed E-state index contributed by atoms with van der Waals surface area (Å²) in [5.74, 6) is 1.01. The molecule has 0 aliphatic heterocycles. The summed E-state index contributed by atoms with van der Waals surface area (Å²) in [6.45, 7) is 15.4. The second-order valence-electron chi connectivity index (χ2n) is 14.6. The first-order chi connectivity index (χ1) is 26.8. The summed E-state index contributed by atoms with van der Waals surface area (Å²) in [4.78, 5) is 5.27. The Labute approximate surface area is 327 Å². The number of rotatable bonds is 5. The standard InChI is InChI=1S/C41H34BN3.C7H8.C3H8/c1-27-21-22-30(31-23-24-38-35(26-31)33-17-8-10-19-37(33)44(38)32-15-6-5-7-16-32)25-34(27)41-43-36-18-9-11-20-39(36)45(41)42(4)40-28(2)13-12-14-29(40)3;1-7-5-3-2-4-6-7;1-3-2/h5-26H,1-4H3;2-6H,1H3;3H2,1-2H3. The predicted octanol–water partition coefficient (Wildman–Crippen LogP) is 13.2. The zero-order valence-electron chi connectivity index (χ0n) is 33.2. The number of hydrogen-bond donors (Lipinski definition) is 0. The van der Waals surface area contributed by atoms with Crippen LogP contribution >= 0.6 is 0 Å². The summed E-state index contributed by atoms with van der Waals surface area (Å²) in [5, 5.41) is 2.51. The van der Waals surface area contributed by atoms with E-state index in [1.165, 1.54) is 72.8 Å². The van der Waals surface area contributed by atoms with E-state index in [-0.39, 0.29) is 6.85 Å². The minimum atomic E-state index is 0.122. The van der Waals surface area contributed by atoms with Crippen molar-refractivity contribution >= 4 is 45.1 Å². The average molecular weight is 716 g/mol. The van der Waals surface area contributed by atoms with Crippen LogP contribution < -0.4 is 5.46 Å². The van der Waals surface area contributed by atoms with Gasteiger partial charge in [-0.2, -0.15) is 0 Å². The molecule has 2 heterocycles. The van der Waals surface area contributed by atoms with Crippen LogP contribution in [0.2, 0.25) is 6.82 Å². The lowest BCUT2D eigenvalue weighted by Crippen LogP contribution is -2.39. The average Bonchev–Trinajstić information content (AvgIpc) is 3.75. The zero-order valence-corrected chi connectivity index (χ0v) is 33.2. The molecule has 9 aromatic rings. The third kappa shape index (κ3) is 7.50. The van der Waals surface area contributed by atoms with Gasteiger partial charge in [-0.05, 0) is 98.4 Å². The normalized spacial score (nSPS) is 10.9. The minimum absolute atomic E-state index is 0.122. The Morgan fingerprint density at radius 2 is 1.07 bits per heavy atom. The van der Waals surface area contributed by atoms with Gasteiger partial charge in [0.15, 0.2) is 0 Å². The molecule has 0 saturated heterocycles. The van der Waals surface area contributed by atoms with Crippen molar-refractivity contribution in [3.8, 4) is 28.2 Å². The number of fused-ring (bicyclic) bond motifs is 4. The number of aromatic nitrogens is 3. The Balaban J connectivity index is 0.000000411. The van der Waals surface area contributed by atoms with Crippen LogP contribution in [0.15, 0.2) is 164 Å². The van der Waals surface area contributed by atoms with Crippen LogP contribution in [-0.2, 0) is 0 Å². The van der Waals surface area contributed by atoms with Gasteiger partial charge in [0.05, 0.1) is 22.1 Å². The number of hydrogen-bond acceptors (Lipinski definition) is 1. The number of para-hydroxylation sites is 4. The van der Waals surface area contributed by atoms with Crippen molar-refractivity contribution in [3.05, 3.63) is 186 Å². The van der Waals surface area contributed by atoms with Crippen molar-refractivity contribution < 1.29 is 0 Å². The molecule has 3 nitrogen and oxygen atoms in total. The third-order valence-electron chi connectivity index (χ3n) is 10.4. The van der Waals surface area contributed by atoms with Gasteiger partial charge in [0.1, 0.15) is 5.82 Å². The molecule has 272 valence electrons. The van der Waals surface area contributed by atoms with Crippen LogP contribution in [0.1, 0.15) is 42.5 Å². The highest BCUT2D eigenvalue weighted by atomic mass is 15.0. The SMILES string of the molecule is CB(c1c(C)cccc1C)n1c(-c2cc(-c3ccc4c(c3)c3ccccc3n4-c3ccccc3)ccc2C)nc2ccccc21.CCC.Cc1ccccc1. The summed E-state index contributed by atoms with van der Waals surface area (Å²) in [6.07, 6.45) is 1.25. The summed E-state index contributed by atoms with van der Waals surface area (Å²) >= 11 is 0. The molecule has 0 aliphatic rings. The van der Waals surface area contributed by atoms with Gasteiger partial charge >= 0.3 is 0 Å². The summed E-state index contributed by atoms with van der Waals surface area (Å²) in [7, 11) is 0. The Kier molecular flexibility index (Phi) is 11.2. The van der Waals surface area contributed by atoms with E-state index in [0.717, 1.165) is 22.4 Å². The molecule has 0 radical (unpaired) electrons. The van der Waals surface area contributed by atoms with Crippen molar-refractivity contribution in [2.24, 2.45) is 0 Å². The van der Waals surface area contributed by atoms with E-state index >= 15 is 0 Å². The third-order valence-corrected chi connectivity index (χ3v) is 10.4. The van der Waals surface area contributed by atoms with E-state index in [1.807, 2.05) is 18.2 Å². The molecule has 0 spiro atoms. The van der Waals surface area contributed by atoms with Gasteiger partial charge in [0.25, 0.3) is 6.85 Å². The molecule has 0 unspecified atom stereocenters. The minimum Gasteiger partial charge on any atom is -0.365 e. The van der Waals surface area contributed by atoms with E-state index in [2.05, 4.69) is 203 Å². The van der Waals surface area contributed by atoms with Gasteiger partial charge in [0, 0.05) is 22.0 Å². The van der Waals surface area contributed by atoms with Crippen molar-refractivity contribution in [2.75, 3.05) is 0 Å². The number of benzene rings is 7. The van der Waals surface area contributed by atoms with Crippen LogP contribution in [0.5, 0.6) is 0 Å². The van der Waals surface area contributed by atoms with Crippen molar-refractivity contribution in [2.45, 2.75) is 54.8 Å². The fourth-order valence-electron chi connectivity index (χ4n) is 7.83. The first-order valence-corrected chi connectivity index (χ1v) is 19.5. The topological polar surface area (TPSA) is 22.8 Å². The van der Waals surface area contributed by atoms with Gasteiger partial charge in [-0.25, -0.2) is 4.98 Å². The fourth-order valence-corrected chi connectivity index (χ4v) is 7.83. The van der Waals surface area contributed by atoms with Crippen molar-refractivity contribution in [1.29, 1.82) is 0 Å². The molecule has 0 atom stereocenters. The van der Waals surface area contributed by atoms with Crippen LogP contribution in [0, 0.1) is 27.7 Å². The number of nitrogens with zero attached hydrogens (tertiary/aromatic N) is 3. The van der Waals surface area contributed by atoms with E-state index < -0.39 is 0 Å². The lowest BCUT2D eigenvalue weighted by Gasteiger charge is -2.20. The van der Waals surface area contributed by atoms with Crippen LogP contribution in [0.3, 0.4) is 0 Å². The monoisotopic (exact) mass is 715 g/mol. The first kappa shape index (κ1) is 37.2. The maximum absolute atomic E-state index is 5.27. The number of aryl methyl sites for hydroxylation is 4. The molecule has 4 heteroatoms. The Hall–Kier alpha value is -6.13. The largest absolute Gasteiger partial charge is 0.365 e. The zero-order chi connectivity index (χ0) is 38.5. The van der Waals surface area contributed by atoms with Gasteiger partial charge in [0.2, 0.25) is 0 Å². The molecule has 0 N–H and O–H groups in total. The van der Waals surface area contributed by atoms with Crippen LogP contribution in [-0.4, -0.2) is 20.9 Å². The number of imidazole rings is 1. The van der Waals surface area contributed by atoms with Crippen molar-refractivity contribution in [3.63, 3.8) is 0 Å². The highest BCUT2D eigenvalue weighted by molar-refractivity contribution is 6.72. The van der Waals surface area contributed by atoms with Gasteiger partial charge < -0.3 is 9.05 Å². The molecular weight excluding hydrogens is 665 g/mol. The molecule has 7 aromatic carbocycles. The van der Waals surface area contributed by atoms with E-state index in [1.54, 1.807) is 0 Å². The van der Waals surface area contributed by atoms with Gasteiger partial charge in [-0.3, -0.25) is 0 Å². The van der Waals surface area contributed by atoms with Crippen LogP contribution in [0.4, 0.5) is 0 Å². The van der Waals surface area contributed by atoms with E-state index in [9.17, 15) is 0 Å². The summed E-state index contributed by atoms with van der Waals surface area (Å²) in [5.41, 5.74) is 15.8. The lowest BCUT2D eigenvalue weighted by atomic mass is 9.55. The molecule has 0 aliphatic carbocycles. The smallest absolute Gasteiger partial charge is 0.293 e. The highest BCUT2D eigenvalue weighted by Crippen LogP contribution is 2.37. The quantitative estimate of drug-likeness (QED) is 0.163. The molecule has 0 saturated carbocycles.